The highest BCUT2D eigenvalue weighted by atomic mass is 79.9. The maximum atomic E-state index is 11.8. The van der Waals surface area contributed by atoms with E-state index in [2.05, 4.69) is 26.8 Å². The number of hydrazine groups is 1. The molecule has 2 aromatic carbocycles. The summed E-state index contributed by atoms with van der Waals surface area (Å²) in [6.45, 7) is 0. The lowest BCUT2D eigenvalue weighted by Crippen LogP contribution is -2.41. The normalized spacial score (nSPS) is 9.85. The first-order chi connectivity index (χ1) is 9.58. The molecule has 2 amide bonds. The molecule has 0 unspecified atom stereocenters. The van der Waals surface area contributed by atoms with Crippen LogP contribution in [0.25, 0.3) is 0 Å². The van der Waals surface area contributed by atoms with Crippen molar-refractivity contribution < 1.29 is 14.7 Å². The Morgan fingerprint density at radius 2 is 1.50 bits per heavy atom. The minimum Gasteiger partial charge on any atom is -0.507 e. The molecule has 0 aliphatic rings. The van der Waals surface area contributed by atoms with E-state index in [1.165, 1.54) is 12.1 Å². The quantitative estimate of drug-likeness (QED) is 0.737. The number of nitrogens with one attached hydrogen (secondary N) is 2. The highest BCUT2D eigenvalue weighted by Crippen LogP contribution is 2.24. The number of phenols is 1. The molecule has 0 aliphatic carbocycles. The number of amides is 2. The molecule has 5 nitrogen and oxygen atoms in total. The van der Waals surface area contributed by atoms with E-state index in [0.717, 1.165) is 0 Å². The Morgan fingerprint density at radius 1 is 0.900 bits per heavy atom. The van der Waals surface area contributed by atoms with E-state index in [9.17, 15) is 14.7 Å². The van der Waals surface area contributed by atoms with Crippen LogP contribution in [0.2, 0.25) is 0 Å². The summed E-state index contributed by atoms with van der Waals surface area (Å²) in [7, 11) is 0. The lowest BCUT2D eigenvalue weighted by atomic mass is 10.2. The van der Waals surface area contributed by atoms with E-state index in [0.29, 0.717) is 10.0 Å². The third-order valence-electron chi connectivity index (χ3n) is 2.53. The number of carbonyl (C=O) groups excluding carboxylic acids is 2. The molecular formula is C14H11BrN2O3. The van der Waals surface area contributed by atoms with Gasteiger partial charge in [-0.2, -0.15) is 0 Å². The molecule has 0 saturated carbocycles. The molecule has 3 N–H and O–H groups in total. The van der Waals surface area contributed by atoms with Crippen LogP contribution in [-0.4, -0.2) is 16.9 Å². The van der Waals surface area contributed by atoms with Crippen molar-refractivity contribution in [1.82, 2.24) is 10.9 Å². The van der Waals surface area contributed by atoms with Gasteiger partial charge in [0.1, 0.15) is 5.75 Å². The van der Waals surface area contributed by atoms with Gasteiger partial charge < -0.3 is 5.11 Å². The van der Waals surface area contributed by atoms with E-state index in [4.69, 9.17) is 0 Å². The van der Waals surface area contributed by atoms with Gasteiger partial charge in [-0.25, -0.2) is 0 Å². The van der Waals surface area contributed by atoms with Crippen LogP contribution in [0.3, 0.4) is 0 Å². The minimum atomic E-state index is -0.517. The first-order valence-electron chi connectivity index (χ1n) is 5.72. The van der Waals surface area contributed by atoms with Crippen molar-refractivity contribution >= 4 is 27.7 Å². The summed E-state index contributed by atoms with van der Waals surface area (Å²) in [4.78, 5) is 23.5. The minimum absolute atomic E-state index is 0.0490. The molecule has 0 bridgehead atoms. The van der Waals surface area contributed by atoms with Crippen molar-refractivity contribution in [2.75, 3.05) is 0 Å². The van der Waals surface area contributed by atoms with Crippen LogP contribution in [0.5, 0.6) is 5.75 Å². The van der Waals surface area contributed by atoms with Crippen molar-refractivity contribution in [3.05, 3.63) is 64.1 Å². The van der Waals surface area contributed by atoms with Crippen molar-refractivity contribution in [3.63, 3.8) is 0 Å². The maximum absolute atomic E-state index is 11.8. The Morgan fingerprint density at radius 3 is 2.10 bits per heavy atom. The number of aromatic hydroxyl groups is 1. The van der Waals surface area contributed by atoms with Gasteiger partial charge in [-0.1, -0.05) is 18.2 Å². The zero-order chi connectivity index (χ0) is 14.5. The van der Waals surface area contributed by atoms with E-state index >= 15 is 0 Å². The Bertz CT molecular complexity index is 644. The largest absolute Gasteiger partial charge is 0.507 e. The van der Waals surface area contributed by atoms with Crippen LogP contribution >= 0.6 is 15.9 Å². The summed E-state index contributed by atoms with van der Waals surface area (Å²) in [5, 5.41) is 9.49. The molecule has 0 aromatic heterocycles. The van der Waals surface area contributed by atoms with Crippen molar-refractivity contribution in [2.45, 2.75) is 0 Å². The molecule has 0 atom stereocenters. The van der Waals surface area contributed by atoms with Gasteiger partial charge in [0.15, 0.2) is 0 Å². The molecule has 0 radical (unpaired) electrons. The number of rotatable bonds is 2. The van der Waals surface area contributed by atoms with Gasteiger partial charge in [-0.15, -0.1) is 0 Å². The fourth-order valence-electron chi connectivity index (χ4n) is 1.50. The zero-order valence-electron chi connectivity index (χ0n) is 10.3. The second kappa shape index (κ2) is 6.21. The van der Waals surface area contributed by atoms with Crippen molar-refractivity contribution in [3.8, 4) is 5.75 Å². The van der Waals surface area contributed by atoms with E-state index < -0.39 is 11.8 Å². The predicted molar refractivity (Wildman–Crippen MR) is 77.2 cm³/mol. The van der Waals surface area contributed by atoms with Gasteiger partial charge >= 0.3 is 0 Å². The van der Waals surface area contributed by atoms with E-state index in [1.807, 2.05) is 0 Å². The molecule has 0 fully saturated rings. The summed E-state index contributed by atoms with van der Waals surface area (Å²) in [6.07, 6.45) is 0. The molecular weight excluding hydrogens is 324 g/mol. The molecule has 102 valence electrons. The molecule has 2 rings (SSSR count). The smallest absolute Gasteiger partial charge is 0.269 e. The standard InChI is InChI=1S/C14H11BrN2O3/c15-11-7-6-10(8-12(11)18)14(20)17-16-13(19)9-4-2-1-3-5-9/h1-8,18H,(H,16,19)(H,17,20). The fourth-order valence-corrected chi connectivity index (χ4v) is 1.75. The molecule has 6 heteroatoms. The van der Waals surface area contributed by atoms with Crippen LogP contribution in [-0.2, 0) is 0 Å². The van der Waals surface area contributed by atoms with Crippen LogP contribution < -0.4 is 10.9 Å². The summed E-state index contributed by atoms with van der Waals surface area (Å²) in [6, 6.07) is 12.9. The first-order valence-corrected chi connectivity index (χ1v) is 6.51. The Labute approximate surface area is 123 Å². The topological polar surface area (TPSA) is 78.4 Å². The second-order valence-electron chi connectivity index (χ2n) is 3.94. The number of carbonyl (C=O) groups is 2. The lowest BCUT2D eigenvalue weighted by molar-refractivity contribution is 0.0846. The first kappa shape index (κ1) is 14.1. The van der Waals surface area contributed by atoms with E-state index in [1.54, 1.807) is 36.4 Å². The number of benzene rings is 2. The number of hydrogen-bond donors (Lipinski definition) is 3. The lowest BCUT2D eigenvalue weighted by Gasteiger charge is -2.08. The van der Waals surface area contributed by atoms with Crippen LogP contribution in [0.1, 0.15) is 20.7 Å². The third kappa shape index (κ3) is 3.36. The Kier molecular flexibility index (Phi) is 4.37. The monoisotopic (exact) mass is 334 g/mol. The van der Waals surface area contributed by atoms with Gasteiger partial charge in [0.2, 0.25) is 0 Å². The number of halogens is 1. The van der Waals surface area contributed by atoms with Crippen molar-refractivity contribution in [1.29, 1.82) is 0 Å². The predicted octanol–water partition coefficient (Wildman–Crippen LogP) is 2.23. The summed E-state index contributed by atoms with van der Waals surface area (Å²) in [5.41, 5.74) is 5.25. The third-order valence-corrected chi connectivity index (χ3v) is 3.20. The highest BCUT2D eigenvalue weighted by Gasteiger charge is 2.10. The van der Waals surface area contributed by atoms with Crippen LogP contribution in [0.4, 0.5) is 0 Å². The molecule has 20 heavy (non-hydrogen) atoms. The van der Waals surface area contributed by atoms with Crippen LogP contribution in [0, 0.1) is 0 Å². The molecule has 0 heterocycles. The van der Waals surface area contributed by atoms with Gasteiger partial charge in [-0.3, -0.25) is 20.4 Å². The molecule has 0 spiro atoms. The van der Waals surface area contributed by atoms with Crippen LogP contribution in [0.15, 0.2) is 53.0 Å². The maximum Gasteiger partial charge on any atom is 0.269 e. The SMILES string of the molecule is O=C(NNC(=O)c1ccc(Br)c(O)c1)c1ccccc1. The fraction of sp³-hybridized carbons (Fsp3) is 0. The van der Waals surface area contributed by atoms with Crippen molar-refractivity contribution in [2.24, 2.45) is 0 Å². The molecule has 0 aliphatic heterocycles. The van der Waals surface area contributed by atoms with Gasteiger partial charge in [-0.05, 0) is 46.3 Å². The number of hydrogen-bond acceptors (Lipinski definition) is 3. The summed E-state index contributed by atoms with van der Waals surface area (Å²) >= 11 is 3.12. The zero-order valence-corrected chi connectivity index (χ0v) is 11.8. The Hall–Kier alpha value is -2.34. The second-order valence-corrected chi connectivity index (χ2v) is 4.79. The highest BCUT2D eigenvalue weighted by molar-refractivity contribution is 9.10. The Balaban J connectivity index is 1.98. The van der Waals surface area contributed by atoms with E-state index in [-0.39, 0.29) is 11.3 Å². The summed E-state index contributed by atoms with van der Waals surface area (Å²) in [5.74, 6) is -0.982. The average Bonchev–Trinajstić information content (AvgIpc) is 2.48. The molecule has 2 aromatic rings. The molecule has 0 saturated heterocycles. The van der Waals surface area contributed by atoms with Gasteiger partial charge in [0.25, 0.3) is 11.8 Å². The van der Waals surface area contributed by atoms with Gasteiger partial charge in [0, 0.05) is 11.1 Å². The number of phenolic OH excluding ortho intramolecular Hbond substituents is 1. The summed E-state index contributed by atoms with van der Waals surface area (Å²) < 4.78 is 0.488. The average molecular weight is 335 g/mol. The van der Waals surface area contributed by atoms with Gasteiger partial charge in [0.05, 0.1) is 4.47 Å².